The molecule has 4 fully saturated rings. The Morgan fingerprint density at radius 1 is 0.964 bits per heavy atom. The lowest BCUT2D eigenvalue weighted by Crippen LogP contribution is -2.48. The number of anilines is 2. The molecule has 2 N–H and O–H groups in total. The highest BCUT2D eigenvalue weighted by atomic mass is 32.1. The molecular formula is C21H24N4O2S. The highest BCUT2D eigenvalue weighted by Crippen LogP contribution is 2.61. The van der Waals surface area contributed by atoms with Crippen LogP contribution in [-0.4, -0.2) is 22.0 Å². The zero-order valence-electron chi connectivity index (χ0n) is 15.9. The monoisotopic (exact) mass is 396 g/mol. The molecule has 0 unspecified atom stereocenters. The van der Waals surface area contributed by atoms with E-state index >= 15 is 0 Å². The topological polar surface area (TPSA) is 84.0 Å². The Bertz CT molecular complexity index is 885. The van der Waals surface area contributed by atoms with Crippen LogP contribution in [0, 0.1) is 17.8 Å². The fourth-order valence-electron chi connectivity index (χ4n) is 5.94. The summed E-state index contributed by atoms with van der Waals surface area (Å²) in [6, 6.07) is 6.83. The Morgan fingerprint density at radius 3 is 2.14 bits per heavy atom. The van der Waals surface area contributed by atoms with Gasteiger partial charge in [-0.3, -0.25) is 14.9 Å². The molecule has 2 amide bonds. The lowest BCUT2D eigenvalue weighted by Gasteiger charge is -2.55. The van der Waals surface area contributed by atoms with Crippen molar-refractivity contribution in [1.29, 1.82) is 0 Å². The van der Waals surface area contributed by atoms with Crippen LogP contribution in [0.25, 0.3) is 0 Å². The van der Waals surface area contributed by atoms with Crippen LogP contribution in [0.2, 0.25) is 0 Å². The summed E-state index contributed by atoms with van der Waals surface area (Å²) < 4.78 is 0. The van der Waals surface area contributed by atoms with Crippen molar-refractivity contribution in [3.8, 4) is 0 Å². The van der Waals surface area contributed by atoms with Gasteiger partial charge in [0, 0.05) is 23.6 Å². The first kappa shape index (κ1) is 17.8. The summed E-state index contributed by atoms with van der Waals surface area (Å²) in [5.74, 6) is 2.23. The van der Waals surface area contributed by atoms with Gasteiger partial charge in [-0.05, 0) is 80.5 Å². The number of hydrogen-bond donors (Lipinski definition) is 2. The Labute approximate surface area is 168 Å². The third kappa shape index (κ3) is 3.21. The lowest BCUT2D eigenvalue weighted by molar-refractivity contribution is -0.114. The van der Waals surface area contributed by atoms with Crippen molar-refractivity contribution in [1.82, 2.24) is 10.2 Å². The maximum absolute atomic E-state index is 12.5. The molecule has 2 aromatic rings. The number of nitrogens with one attached hydrogen (secondary N) is 2. The van der Waals surface area contributed by atoms with E-state index in [4.69, 9.17) is 0 Å². The lowest BCUT2D eigenvalue weighted by atomic mass is 9.50. The molecule has 4 bridgehead atoms. The molecule has 146 valence electrons. The first-order valence-electron chi connectivity index (χ1n) is 10.0. The highest BCUT2D eigenvalue weighted by molar-refractivity contribution is 7.15. The average molecular weight is 397 g/mol. The van der Waals surface area contributed by atoms with Gasteiger partial charge in [-0.2, -0.15) is 0 Å². The van der Waals surface area contributed by atoms with E-state index in [0.29, 0.717) is 16.4 Å². The van der Waals surface area contributed by atoms with Crippen LogP contribution >= 0.6 is 11.3 Å². The van der Waals surface area contributed by atoms with Crippen LogP contribution in [0.4, 0.5) is 10.8 Å². The third-order valence-electron chi connectivity index (χ3n) is 6.60. The quantitative estimate of drug-likeness (QED) is 0.811. The number of nitrogens with zero attached hydrogens (tertiary/aromatic N) is 2. The molecule has 6 nitrogen and oxygen atoms in total. The fraction of sp³-hybridized carbons (Fsp3) is 0.524. The second kappa shape index (κ2) is 6.65. The molecule has 1 aromatic heterocycles. The summed E-state index contributed by atoms with van der Waals surface area (Å²) in [6.07, 6.45) is 7.92. The predicted octanol–water partition coefficient (Wildman–Crippen LogP) is 4.22. The van der Waals surface area contributed by atoms with Crippen LogP contribution in [0.15, 0.2) is 24.3 Å². The van der Waals surface area contributed by atoms with E-state index in [1.807, 2.05) is 0 Å². The Kier molecular flexibility index (Phi) is 4.23. The average Bonchev–Trinajstić information content (AvgIpc) is 3.10. The van der Waals surface area contributed by atoms with Gasteiger partial charge in [-0.1, -0.05) is 11.3 Å². The molecule has 0 spiro atoms. The highest BCUT2D eigenvalue weighted by Gasteiger charge is 2.53. The van der Waals surface area contributed by atoms with E-state index < -0.39 is 0 Å². The maximum Gasteiger partial charge on any atom is 0.257 e. The van der Waals surface area contributed by atoms with Crippen molar-refractivity contribution in [2.45, 2.75) is 50.9 Å². The van der Waals surface area contributed by atoms with Gasteiger partial charge in [0.25, 0.3) is 5.91 Å². The largest absolute Gasteiger partial charge is 0.326 e. The van der Waals surface area contributed by atoms with Crippen LogP contribution in [-0.2, 0) is 10.2 Å². The first-order valence-corrected chi connectivity index (χ1v) is 10.8. The molecule has 4 aliphatic carbocycles. The third-order valence-corrected chi connectivity index (χ3v) is 7.69. The molecule has 0 radical (unpaired) electrons. The number of benzene rings is 1. The molecule has 28 heavy (non-hydrogen) atoms. The maximum atomic E-state index is 12.5. The van der Waals surface area contributed by atoms with Crippen molar-refractivity contribution < 1.29 is 9.59 Å². The first-order chi connectivity index (χ1) is 13.5. The minimum absolute atomic E-state index is 0.136. The number of carbonyl (C=O) groups is 2. The summed E-state index contributed by atoms with van der Waals surface area (Å²) >= 11 is 1.54. The summed E-state index contributed by atoms with van der Waals surface area (Å²) in [5.41, 5.74) is 1.40. The van der Waals surface area contributed by atoms with Gasteiger partial charge < -0.3 is 5.32 Å². The van der Waals surface area contributed by atoms with E-state index in [2.05, 4.69) is 20.8 Å². The smallest absolute Gasteiger partial charge is 0.257 e. The number of rotatable bonds is 4. The second-order valence-corrected chi connectivity index (χ2v) is 9.80. The molecule has 0 atom stereocenters. The zero-order chi connectivity index (χ0) is 19.3. The zero-order valence-corrected chi connectivity index (χ0v) is 16.7. The molecule has 4 saturated carbocycles. The van der Waals surface area contributed by atoms with Gasteiger partial charge in [0.15, 0.2) is 0 Å². The van der Waals surface area contributed by atoms with Gasteiger partial charge in [0.05, 0.1) is 0 Å². The van der Waals surface area contributed by atoms with Gasteiger partial charge in [0.1, 0.15) is 5.01 Å². The standard InChI is InChI=1S/C21H24N4O2S/c1-12(26)22-17-4-2-16(3-5-17)18(27)23-20-25-24-19(28-20)21-9-13-6-14(10-21)8-15(7-13)11-21/h2-5,13-15H,6-11H2,1H3,(H,22,26)(H,23,25,27). The molecule has 4 aliphatic rings. The fourth-order valence-corrected chi connectivity index (χ4v) is 6.89. The molecule has 7 heteroatoms. The number of amides is 2. The molecule has 1 heterocycles. The second-order valence-electron chi connectivity index (χ2n) is 8.82. The number of carbonyl (C=O) groups excluding carboxylic acids is 2. The molecule has 6 rings (SSSR count). The van der Waals surface area contributed by atoms with Gasteiger partial charge in [0.2, 0.25) is 11.0 Å². The molecule has 0 saturated heterocycles. The van der Waals surface area contributed by atoms with Gasteiger partial charge >= 0.3 is 0 Å². The number of aromatic nitrogens is 2. The van der Waals surface area contributed by atoms with Crippen molar-refractivity contribution >= 4 is 34.0 Å². The summed E-state index contributed by atoms with van der Waals surface area (Å²) in [4.78, 5) is 23.6. The van der Waals surface area contributed by atoms with E-state index in [9.17, 15) is 9.59 Å². The Balaban J connectivity index is 1.29. The minimum atomic E-state index is -0.206. The van der Waals surface area contributed by atoms with Crippen molar-refractivity contribution in [3.63, 3.8) is 0 Å². The van der Waals surface area contributed by atoms with Crippen molar-refractivity contribution in [3.05, 3.63) is 34.8 Å². The van der Waals surface area contributed by atoms with E-state index in [1.165, 1.54) is 45.4 Å². The Morgan fingerprint density at radius 2 is 1.57 bits per heavy atom. The summed E-state index contributed by atoms with van der Waals surface area (Å²) in [5, 5.41) is 16.1. The number of hydrogen-bond acceptors (Lipinski definition) is 5. The predicted molar refractivity (Wildman–Crippen MR) is 108 cm³/mol. The molecule has 1 aromatic carbocycles. The van der Waals surface area contributed by atoms with Crippen molar-refractivity contribution in [2.24, 2.45) is 17.8 Å². The van der Waals surface area contributed by atoms with E-state index in [1.54, 1.807) is 35.6 Å². The van der Waals surface area contributed by atoms with Crippen LogP contribution in [0.3, 0.4) is 0 Å². The summed E-state index contributed by atoms with van der Waals surface area (Å²) in [6.45, 7) is 1.46. The van der Waals surface area contributed by atoms with E-state index in [-0.39, 0.29) is 17.2 Å². The van der Waals surface area contributed by atoms with Crippen LogP contribution in [0.5, 0.6) is 0 Å². The minimum Gasteiger partial charge on any atom is -0.326 e. The molecule has 0 aliphatic heterocycles. The van der Waals surface area contributed by atoms with E-state index in [0.717, 1.165) is 22.8 Å². The van der Waals surface area contributed by atoms with Gasteiger partial charge in [-0.25, -0.2) is 0 Å². The van der Waals surface area contributed by atoms with Crippen LogP contribution in [0.1, 0.15) is 60.8 Å². The van der Waals surface area contributed by atoms with Crippen LogP contribution < -0.4 is 10.6 Å². The van der Waals surface area contributed by atoms with Gasteiger partial charge in [-0.15, -0.1) is 10.2 Å². The molecular weight excluding hydrogens is 372 g/mol. The van der Waals surface area contributed by atoms with Crippen molar-refractivity contribution in [2.75, 3.05) is 10.6 Å². The SMILES string of the molecule is CC(=O)Nc1ccc(C(=O)Nc2nnc(C34CC5CC(CC(C5)C3)C4)s2)cc1. The Hall–Kier alpha value is -2.28. The summed E-state index contributed by atoms with van der Waals surface area (Å²) in [7, 11) is 0. The normalized spacial score (nSPS) is 30.2.